The topological polar surface area (TPSA) is 117 Å². The molecule has 1 saturated carbocycles. The Hall–Kier alpha value is -3.03. The van der Waals surface area contributed by atoms with E-state index in [0.29, 0.717) is 24.1 Å². The Balaban J connectivity index is 1.64. The Bertz CT molecular complexity index is 744. The van der Waals surface area contributed by atoms with Crippen LogP contribution in [0.25, 0.3) is 0 Å². The van der Waals surface area contributed by atoms with Gasteiger partial charge in [0.25, 0.3) is 5.91 Å². The van der Waals surface area contributed by atoms with Crippen molar-refractivity contribution in [3.63, 3.8) is 0 Å². The van der Waals surface area contributed by atoms with Crippen LogP contribution in [0.5, 0.6) is 5.75 Å². The first-order valence-corrected chi connectivity index (χ1v) is 7.53. The molecule has 0 bridgehead atoms. The van der Waals surface area contributed by atoms with Crippen LogP contribution in [-0.4, -0.2) is 37.4 Å². The maximum absolute atomic E-state index is 12.5. The Morgan fingerprint density at radius 1 is 1.21 bits per heavy atom. The van der Waals surface area contributed by atoms with Gasteiger partial charge < -0.3 is 15.7 Å². The van der Waals surface area contributed by atoms with Crippen LogP contribution in [0.15, 0.2) is 37.1 Å². The van der Waals surface area contributed by atoms with Crippen molar-refractivity contribution < 1.29 is 14.7 Å². The summed E-state index contributed by atoms with van der Waals surface area (Å²) in [5, 5.41) is 14.9. The molecule has 0 aliphatic heterocycles. The lowest BCUT2D eigenvalue weighted by molar-refractivity contribution is -0.124. The highest BCUT2D eigenvalue weighted by molar-refractivity contribution is 6.00. The van der Waals surface area contributed by atoms with Gasteiger partial charge in [-0.25, -0.2) is 9.97 Å². The van der Waals surface area contributed by atoms with E-state index in [1.807, 2.05) is 0 Å². The van der Waals surface area contributed by atoms with Gasteiger partial charge in [-0.05, 0) is 31.9 Å². The zero-order valence-electron chi connectivity index (χ0n) is 13.1. The molecule has 0 spiro atoms. The molecule has 8 nitrogen and oxygen atoms in total. The lowest BCUT2D eigenvalue weighted by Gasteiger charge is -2.20. The van der Waals surface area contributed by atoms with Crippen LogP contribution < -0.4 is 10.6 Å². The number of hydrogen-bond acceptors (Lipinski definition) is 6. The number of aromatic nitrogens is 3. The summed E-state index contributed by atoms with van der Waals surface area (Å²) >= 11 is 0. The predicted octanol–water partition coefficient (Wildman–Crippen LogP) is 0.717. The largest absolute Gasteiger partial charge is 0.506 e. The van der Waals surface area contributed by atoms with E-state index in [9.17, 15) is 14.7 Å². The first-order valence-electron chi connectivity index (χ1n) is 7.53. The van der Waals surface area contributed by atoms with Crippen LogP contribution in [0, 0.1) is 0 Å². The molecule has 2 aromatic heterocycles. The monoisotopic (exact) mass is 327 g/mol. The maximum Gasteiger partial charge on any atom is 0.255 e. The van der Waals surface area contributed by atoms with Crippen LogP contribution in [-0.2, 0) is 4.79 Å². The fourth-order valence-corrected chi connectivity index (χ4v) is 2.30. The summed E-state index contributed by atoms with van der Waals surface area (Å²) in [6.45, 7) is 1.79. The first kappa shape index (κ1) is 15.9. The van der Waals surface area contributed by atoms with Gasteiger partial charge in [-0.2, -0.15) is 0 Å². The molecule has 2 amide bonds. The predicted molar refractivity (Wildman–Crippen MR) is 83.9 cm³/mol. The molecule has 1 aliphatic rings. The lowest BCUT2D eigenvalue weighted by Crippen LogP contribution is -2.49. The molecule has 124 valence electrons. The van der Waals surface area contributed by atoms with Crippen molar-refractivity contribution in [2.24, 2.45) is 0 Å². The number of aromatic hydroxyl groups is 1. The minimum atomic E-state index is -0.891. The fraction of sp³-hybridized carbons (Fsp3) is 0.312. The Labute approximate surface area is 138 Å². The molecule has 0 unspecified atom stereocenters. The summed E-state index contributed by atoms with van der Waals surface area (Å²) in [5.41, 5.74) is 0.0440. The summed E-state index contributed by atoms with van der Waals surface area (Å²) in [4.78, 5) is 36.4. The van der Waals surface area contributed by atoms with Crippen LogP contribution in [0.1, 0.15) is 41.9 Å². The molecular weight excluding hydrogens is 310 g/mol. The minimum Gasteiger partial charge on any atom is -0.506 e. The lowest BCUT2D eigenvalue weighted by atomic mass is 10.1. The zero-order chi connectivity index (χ0) is 17.2. The van der Waals surface area contributed by atoms with E-state index in [0.717, 1.165) is 0 Å². The number of carbonyl (C=O) groups is 2. The van der Waals surface area contributed by atoms with Crippen LogP contribution >= 0.6 is 0 Å². The molecule has 1 fully saturated rings. The standard InChI is InChI=1S/C16H17N5O3/c1-10(13-3-2-12(22)8-19-13)20-15(24)16(4-5-16)21-14(23)11-6-17-9-18-7-11/h2-3,6-10,22H,4-5H2,1H3,(H,20,24)(H,21,23)/t10-/m1/s1. The SMILES string of the molecule is C[C@@H](NC(=O)C1(NC(=O)c2cncnc2)CC1)c1ccc(O)cn1. The second-order valence-corrected chi connectivity index (χ2v) is 5.80. The highest BCUT2D eigenvalue weighted by Crippen LogP contribution is 2.36. The molecule has 8 heteroatoms. The van der Waals surface area contributed by atoms with Crippen LogP contribution in [0.2, 0.25) is 0 Å². The van der Waals surface area contributed by atoms with Gasteiger partial charge in [0.15, 0.2) is 0 Å². The molecule has 2 aromatic rings. The molecule has 3 N–H and O–H groups in total. The summed E-state index contributed by atoms with van der Waals surface area (Å²) in [7, 11) is 0. The number of hydrogen-bond donors (Lipinski definition) is 3. The van der Waals surface area contributed by atoms with Gasteiger partial charge in [0, 0.05) is 12.4 Å². The van der Waals surface area contributed by atoms with Crippen molar-refractivity contribution in [1.82, 2.24) is 25.6 Å². The maximum atomic E-state index is 12.5. The smallest absolute Gasteiger partial charge is 0.255 e. The van der Waals surface area contributed by atoms with Crippen molar-refractivity contribution in [1.29, 1.82) is 0 Å². The summed E-state index contributed by atoms with van der Waals surface area (Å²) < 4.78 is 0. The normalized spacial score (nSPS) is 16.0. The van der Waals surface area contributed by atoms with E-state index in [1.54, 1.807) is 13.0 Å². The van der Waals surface area contributed by atoms with Gasteiger partial charge in [-0.3, -0.25) is 14.6 Å². The van der Waals surface area contributed by atoms with E-state index in [1.165, 1.54) is 31.0 Å². The van der Waals surface area contributed by atoms with Gasteiger partial charge in [-0.1, -0.05) is 0 Å². The molecule has 1 atom stereocenters. The molecular formula is C16H17N5O3. The summed E-state index contributed by atoms with van der Waals surface area (Å²) in [5.74, 6) is -0.568. The number of nitrogens with one attached hydrogen (secondary N) is 2. The third kappa shape index (κ3) is 3.32. The molecule has 0 radical (unpaired) electrons. The Morgan fingerprint density at radius 2 is 1.92 bits per heavy atom. The number of rotatable bonds is 5. The first-order chi connectivity index (χ1) is 11.5. The van der Waals surface area contributed by atoms with Crippen LogP contribution in [0.3, 0.4) is 0 Å². The van der Waals surface area contributed by atoms with E-state index in [2.05, 4.69) is 25.6 Å². The number of amides is 2. The molecule has 2 heterocycles. The third-order valence-electron chi connectivity index (χ3n) is 3.92. The Kier molecular flexibility index (Phi) is 4.11. The van der Waals surface area contributed by atoms with Gasteiger partial charge in [0.1, 0.15) is 17.6 Å². The highest BCUT2D eigenvalue weighted by atomic mass is 16.3. The molecule has 0 aromatic carbocycles. The van der Waals surface area contributed by atoms with Gasteiger partial charge in [0.2, 0.25) is 5.91 Å². The average Bonchev–Trinajstić information content (AvgIpc) is 3.37. The zero-order valence-corrected chi connectivity index (χ0v) is 13.1. The second-order valence-electron chi connectivity index (χ2n) is 5.80. The number of carbonyl (C=O) groups excluding carboxylic acids is 2. The molecule has 3 rings (SSSR count). The van der Waals surface area contributed by atoms with Crippen molar-refractivity contribution in [3.05, 3.63) is 48.3 Å². The van der Waals surface area contributed by atoms with E-state index in [-0.39, 0.29) is 23.6 Å². The van der Waals surface area contributed by atoms with Crippen molar-refractivity contribution in [2.75, 3.05) is 0 Å². The number of pyridine rings is 1. The van der Waals surface area contributed by atoms with Crippen molar-refractivity contribution >= 4 is 11.8 Å². The molecule has 1 aliphatic carbocycles. The van der Waals surface area contributed by atoms with Crippen LogP contribution in [0.4, 0.5) is 0 Å². The quantitative estimate of drug-likeness (QED) is 0.745. The molecule has 24 heavy (non-hydrogen) atoms. The van der Waals surface area contributed by atoms with Gasteiger partial charge >= 0.3 is 0 Å². The van der Waals surface area contributed by atoms with Gasteiger partial charge in [0.05, 0.1) is 23.5 Å². The van der Waals surface area contributed by atoms with E-state index in [4.69, 9.17) is 0 Å². The highest BCUT2D eigenvalue weighted by Gasteiger charge is 2.51. The third-order valence-corrected chi connectivity index (χ3v) is 3.92. The summed E-state index contributed by atoms with van der Waals surface area (Å²) in [6, 6.07) is 2.81. The Morgan fingerprint density at radius 3 is 2.50 bits per heavy atom. The second kappa shape index (κ2) is 6.23. The van der Waals surface area contributed by atoms with Gasteiger partial charge in [-0.15, -0.1) is 0 Å². The fourth-order valence-electron chi connectivity index (χ4n) is 2.30. The molecule has 0 saturated heterocycles. The van der Waals surface area contributed by atoms with E-state index >= 15 is 0 Å². The van der Waals surface area contributed by atoms with Crippen molar-refractivity contribution in [3.8, 4) is 5.75 Å². The van der Waals surface area contributed by atoms with Crippen molar-refractivity contribution in [2.45, 2.75) is 31.3 Å². The number of nitrogens with zero attached hydrogens (tertiary/aromatic N) is 3. The summed E-state index contributed by atoms with van der Waals surface area (Å²) in [6.07, 6.45) is 6.62. The average molecular weight is 327 g/mol. The van der Waals surface area contributed by atoms with E-state index < -0.39 is 5.54 Å². The minimum absolute atomic E-state index is 0.0632.